The molecule has 1 aliphatic heterocycles. The van der Waals surface area contributed by atoms with E-state index in [1.54, 1.807) is 18.6 Å². The van der Waals surface area contributed by atoms with Crippen molar-refractivity contribution in [3.8, 4) is 0 Å². The Kier molecular flexibility index (Phi) is 2.03. The van der Waals surface area contributed by atoms with Crippen LogP contribution in [-0.4, -0.2) is 33.1 Å². The van der Waals surface area contributed by atoms with E-state index in [-0.39, 0.29) is 0 Å². The minimum Gasteiger partial charge on any atom is -0.381 e. The zero-order chi connectivity index (χ0) is 10.1. The van der Waals surface area contributed by atoms with Crippen molar-refractivity contribution in [1.82, 2.24) is 19.9 Å². The molecule has 0 aliphatic carbocycles. The Hall–Kier alpha value is -1.62. The Morgan fingerprint density at radius 1 is 1.20 bits per heavy atom. The van der Waals surface area contributed by atoms with E-state index in [0.29, 0.717) is 18.2 Å². The lowest BCUT2D eigenvalue weighted by Crippen LogP contribution is -2.04. The highest BCUT2D eigenvalue weighted by atomic mass is 16.5. The number of nitrogens with zero attached hydrogens (tertiary/aromatic N) is 4. The van der Waals surface area contributed by atoms with Crippen LogP contribution in [0.25, 0.3) is 11.2 Å². The molecule has 0 N–H and O–H groups in total. The maximum atomic E-state index is 5.31. The van der Waals surface area contributed by atoms with Gasteiger partial charge in [-0.05, 0) is 6.42 Å². The van der Waals surface area contributed by atoms with Crippen molar-refractivity contribution in [3.05, 3.63) is 24.4 Å². The van der Waals surface area contributed by atoms with Crippen LogP contribution in [0.2, 0.25) is 0 Å². The molecule has 1 atom stereocenters. The van der Waals surface area contributed by atoms with Gasteiger partial charge in [-0.15, -0.1) is 0 Å². The van der Waals surface area contributed by atoms with E-state index in [0.717, 1.165) is 24.4 Å². The fraction of sp³-hybridized carbons (Fsp3) is 0.400. The second kappa shape index (κ2) is 3.51. The van der Waals surface area contributed by atoms with Crippen molar-refractivity contribution in [2.45, 2.75) is 12.3 Å². The lowest BCUT2D eigenvalue weighted by Gasteiger charge is -2.05. The molecule has 5 heteroatoms. The van der Waals surface area contributed by atoms with Gasteiger partial charge in [-0.3, -0.25) is 0 Å². The van der Waals surface area contributed by atoms with Crippen LogP contribution in [0.4, 0.5) is 0 Å². The summed E-state index contributed by atoms with van der Waals surface area (Å²) in [5, 5.41) is 0. The van der Waals surface area contributed by atoms with Gasteiger partial charge in [-0.1, -0.05) is 0 Å². The maximum absolute atomic E-state index is 5.31. The monoisotopic (exact) mass is 202 g/mol. The zero-order valence-corrected chi connectivity index (χ0v) is 8.13. The van der Waals surface area contributed by atoms with Gasteiger partial charge in [0.2, 0.25) is 0 Å². The SMILES string of the molecule is c1cnc2nc(C3CCOC3)ncc2n1. The molecule has 0 amide bonds. The normalized spacial score (nSPS) is 20.9. The third-order valence-corrected chi connectivity index (χ3v) is 2.54. The lowest BCUT2D eigenvalue weighted by molar-refractivity contribution is 0.193. The highest BCUT2D eigenvalue weighted by molar-refractivity contribution is 5.67. The highest BCUT2D eigenvalue weighted by Crippen LogP contribution is 2.22. The summed E-state index contributed by atoms with van der Waals surface area (Å²) < 4.78 is 5.31. The third kappa shape index (κ3) is 1.55. The molecule has 3 rings (SSSR count). The number of hydrogen-bond acceptors (Lipinski definition) is 5. The topological polar surface area (TPSA) is 60.8 Å². The van der Waals surface area contributed by atoms with Gasteiger partial charge in [0.15, 0.2) is 5.65 Å². The molecule has 0 aromatic carbocycles. The summed E-state index contributed by atoms with van der Waals surface area (Å²) in [6.45, 7) is 1.51. The molecule has 0 spiro atoms. The highest BCUT2D eigenvalue weighted by Gasteiger charge is 2.20. The lowest BCUT2D eigenvalue weighted by atomic mass is 10.1. The first-order valence-electron chi connectivity index (χ1n) is 4.95. The van der Waals surface area contributed by atoms with Crippen molar-refractivity contribution in [2.24, 2.45) is 0 Å². The third-order valence-electron chi connectivity index (χ3n) is 2.54. The van der Waals surface area contributed by atoms with E-state index in [1.807, 2.05) is 0 Å². The van der Waals surface area contributed by atoms with Crippen LogP contribution in [0.15, 0.2) is 18.6 Å². The Morgan fingerprint density at radius 2 is 2.13 bits per heavy atom. The standard InChI is InChI=1S/C10H10N4O/c1-4-15-6-7(1)9-13-5-8-10(14-9)12-3-2-11-8/h2-3,5,7H,1,4,6H2. The fourth-order valence-electron chi connectivity index (χ4n) is 1.72. The Morgan fingerprint density at radius 3 is 3.00 bits per heavy atom. The second-order valence-electron chi connectivity index (χ2n) is 3.55. The molecule has 0 bridgehead atoms. The zero-order valence-electron chi connectivity index (χ0n) is 8.13. The Bertz CT molecular complexity index is 482. The summed E-state index contributed by atoms with van der Waals surface area (Å²) in [6.07, 6.45) is 6.00. The van der Waals surface area contributed by atoms with Crippen LogP contribution < -0.4 is 0 Å². The van der Waals surface area contributed by atoms with Crippen LogP contribution >= 0.6 is 0 Å². The summed E-state index contributed by atoms with van der Waals surface area (Å²) in [4.78, 5) is 17.0. The van der Waals surface area contributed by atoms with Crippen molar-refractivity contribution < 1.29 is 4.74 Å². The molecule has 1 fully saturated rings. The number of aromatic nitrogens is 4. The average molecular weight is 202 g/mol. The predicted molar refractivity (Wildman–Crippen MR) is 53.3 cm³/mol. The van der Waals surface area contributed by atoms with Crippen LogP contribution in [0.1, 0.15) is 18.2 Å². The van der Waals surface area contributed by atoms with E-state index < -0.39 is 0 Å². The largest absolute Gasteiger partial charge is 0.381 e. The van der Waals surface area contributed by atoms with Gasteiger partial charge in [-0.25, -0.2) is 19.9 Å². The van der Waals surface area contributed by atoms with Gasteiger partial charge < -0.3 is 4.74 Å². The van der Waals surface area contributed by atoms with E-state index in [4.69, 9.17) is 4.74 Å². The molecule has 76 valence electrons. The summed E-state index contributed by atoms with van der Waals surface area (Å²) in [6, 6.07) is 0. The quantitative estimate of drug-likeness (QED) is 0.688. The smallest absolute Gasteiger partial charge is 0.181 e. The first kappa shape index (κ1) is 8.67. The summed E-state index contributed by atoms with van der Waals surface area (Å²) >= 11 is 0. The van der Waals surface area contributed by atoms with Gasteiger partial charge in [0.1, 0.15) is 11.3 Å². The van der Waals surface area contributed by atoms with E-state index in [9.17, 15) is 0 Å². The molecule has 2 aromatic rings. The molecule has 0 saturated carbocycles. The molecule has 15 heavy (non-hydrogen) atoms. The van der Waals surface area contributed by atoms with E-state index in [1.165, 1.54) is 0 Å². The minimum absolute atomic E-state index is 0.316. The minimum atomic E-state index is 0.316. The number of ether oxygens (including phenoxy) is 1. The van der Waals surface area contributed by atoms with Gasteiger partial charge in [0.25, 0.3) is 0 Å². The number of hydrogen-bond donors (Lipinski definition) is 0. The Balaban J connectivity index is 2.05. The van der Waals surface area contributed by atoms with E-state index >= 15 is 0 Å². The van der Waals surface area contributed by atoms with Crippen molar-refractivity contribution in [2.75, 3.05) is 13.2 Å². The molecule has 1 unspecified atom stereocenters. The van der Waals surface area contributed by atoms with Crippen LogP contribution in [0.5, 0.6) is 0 Å². The maximum Gasteiger partial charge on any atom is 0.181 e. The summed E-state index contributed by atoms with van der Waals surface area (Å²) in [5.74, 6) is 1.14. The molecular formula is C10H10N4O. The van der Waals surface area contributed by atoms with Gasteiger partial charge in [-0.2, -0.15) is 0 Å². The van der Waals surface area contributed by atoms with Gasteiger partial charge in [0, 0.05) is 24.9 Å². The number of rotatable bonds is 1. The van der Waals surface area contributed by atoms with Gasteiger partial charge in [0.05, 0.1) is 12.8 Å². The summed E-state index contributed by atoms with van der Waals surface area (Å²) in [5.41, 5.74) is 1.40. The summed E-state index contributed by atoms with van der Waals surface area (Å²) in [7, 11) is 0. The molecule has 1 aliphatic rings. The van der Waals surface area contributed by atoms with Crippen LogP contribution in [-0.2, 0) is 4.74 Å². The average Bonchev–Trinajstić information content (AvgIpc) is 2.82. The molecule has 0 radical (unpaired) electrons. The Labute approximate surface area is 86.6 Å². The van der Waals surface area contributed by atoms with Crippen molar-refractivity contribution >= 4 is 11.2 Å². The predicted octanol–water partition coefficient (Wildman–Crippen LogP) is 0.924. The number of fused-ring (bicyclic) bond motifs is 1. The van der Waals surface area contributed by atoms with Crippen molar-refractivity contribution in [1.29, 1.82) is 0 Å². The molecule has 3 heterocycles. The first-order chi connectivity index (χ1) is 7.43. The molecule has 5 nitrogen and oxygen atoms in total. The van der Waals surface area contributed by atoms with Gasteiger partial charge >= 0.3 is 0 Å². The molecule has 2 aromatic heterocycles. The fourth-order valence-corrected chi connectivity index (χ4v) is 1.72. The van der Waals surface area contributed by atoms with Crippen molar-refractivity contribution in [3.63, 3.8) is 0 Å². The molecule has 1 saturated heterocycles. The van der Waals surface area contributed by atoms with E-state index in [2.05, 4.69) is 19.9 Å². The first-order valence-corrected chi connectivity index (χ1v) is 4.95. The van der Waals surface area contributed by atoms with Crippen LogP contribution in [0, 0.1) is 0 Å². The molecular weight excluding hydrogens is 192 g/mol. The van der Waals surface area contributed by atoms with Crippen LogP contribution in [0.3, 0.4) is 0 Å². The second-order valence-corrected chi connectivity index (χ2v) is 3.55.